The lowest BCUT2D eigenvalue weighted by Gasteiger charge is -2.34. The lowest BCUT2D eigenvalue weighted by Crippen LogP contribution is -2.42. The predicted molar refractivity (Wildman–Crippen MR) is 93.4 cm³/mol. The summed E-state index contributed by atoms with van der Waals surface area (Å²) in [6.45, 7) is 1.12. The van der Waals surface area contributed by atoms with Crippen LogP contribution in [0.4, 0.5) is 10.5 Å². The zero-order valence-corrected chi connectivity index (χ0v) is 14.5. The molecule has 0 bridgehead atoms. The van der Waals surface area contributed by atoms with E-state index in [2.05, 4.69) is 16.3 Å². The molecule has 0 unspecified atom stereocenters. The van der Waals surface area contributed by atoms with E-state index in [1.807, 2.05) is 44.2 Å². The van der Waals surface area contributed by atoms with Gasteiger partial charge in [-0.15, -0.1) is 0 Å². The number of amides is 2. The molecule has 1 aromatic rings. The van der Waals surface area contributed by atoms with Crippen LogP contribution in [-0.4, -0.2) is 54.7 Å². The number of carbonyl (C=O) groups is 1. The molecule has 5 nitrogen and oxygen atoms in total. The van der Waals surface area contributed by atoms with Gasteiger partial charge in [0.05, 0.1) is 0 Å². The SMILES string of the molecule is CN(C)Cc1cccc(NC(=O)N(C)C2CCC(CO)CC2)c1. The predicted octanol–water partition coefficient (Wildman–Crippen LogP) is 2.76. The molecule has 5 heteroatoms. The van der Waals surface area contributed by atoms with E-state index in [9.17, 15) is 9.90 Å². The average Bonchev–Trinajstić information content (AvgIpc) is 2.54. The molecule has 1 aromatic carbocycles. The van der Waals surface area contributed by atoms with Gasteiger partial charge < -0.3 is 20.2 Å². The van der Waals surface area contributed by atoms with Crippen molar-refractivity contribution in [3.63, 3.8) is 0 Å². The summed E-state index contributed by atoms with van der Waals surface area (Å²) in [5, 5.41) is 12.2. The van der Waals surface area contributed by atoms with Crippen LogP contribution in [0.5, 0.6) is 0 Å². The van der Waals surface area contributed by atoms with Gasteiger partial charge in [0.2, 0.25) is 0 Å². The smallest absolute Gasteiger partial charge is 0.321 e. The molecule has 0 aliphatic heterocycles. The van der Waals surface area contributed by atoms with E-state index < -0.39 is 0 Å². The number of aliphatic hydroxyl groups excluding tert-OH is 1. The van der Waals surface area contributed by atoms with Gasteiger partial charge in [0.1, 0.15) is 0 Å². The van der Waals surface area contributed by atoms with Crippen molar-refractivity contribution >= 4 is 11.7 Å². The van der Waals surface area contributed by atoms with E-state index in [4.69, 9.17) is 0 Å². The van der Waals surface area contributed by atoms with Crippen LogP contribution in [0.3, 0.4) is 0 Å². The molecule has 1 aliphatic carbocycles. The van der Waals surface area contributed by atoms with Gasteiger partial charge in [-0.3, -0.25) is 0 Å². The quantitative estimate of drug-likeness (QED) is 0.877. The third-order valence-corrected chi connectivity index (χ3v) is 4.62. The number of anilines is 1. The van der Waals surface area contributed by atoms with Crippen LogP contribution in [0.15, 0.2) is 24.3 Å². The maximum atomic E-state index is 12.5. The minimum atomic E-state index is -0.0561. The molecular formula is C18H29N3O2. The first-order valence-electron chi connectivity index (χ1n) is 8.38. The van der Waals surface area contributed by atoms with Gasteiger partial charge in [0.25, 0.3) is 0 Å². The summed E-state index contributed by atoms with van der Waals surface area (Å²) >= 11 is 0. The third-order valence-electron chi connectivity index (χ3n) is 4.62. The monoisotopic (exact) mass is 319 g/mol. The van der Waals surface area contributed by atoms with Gasteiger partial charge in [-0.25, -0.2) is 4.79 Å². The van der Waals surface area contributed by atoms with Crippen LogP contribution in [0, 0.1) is 5.92 Å². The molecule has 0 saturated heterocycles. The summed E-state index contributed by atoms with van der Waals surface area (Å²) in [5.74, 6) is 0.408. The van der Waals surface area contributed by atoms with Gasteiger partial charge in [0.15, 0.2) is 0 Å². The molecule has 2 N–H and O–H groups in total. The number of rotatable bonds is 5. The number of urea groups is 1. The highest BCUT2D eigenvalue weighted by atomic mass is 16.3. The molecule has 23 heavy (non-hydrogen) atoms. The van der Waals surface area contributed by atoms with Crippen LogP contribution < -0.4 is 5.32 Å². The standard InChI is InChI=1S/C18H29N3O2/c1-20(2)12-15-5-4-6-16(11-15)19-18(23)21(3)17-9-7-14(13-22)8-10-17/h4-6,11,14,17,22H,7-10,12-13H2,1-3H3,(H,19,23). The maximum Gasteiger partial charge on any atom is 0.321 e. The van der Waals surface area contributed by atoms with Gasteiger partial charge in [-0.05, 0) is 63.4 Å². The number of carbonyl (C=O) groups excluding carboxylic acids is 1. The Kier molecular flexibility index (Phi) is 6.42. The highest BCUT2D eigenvalue weighted by molar-refractivity contribution is 5.89. The molecule has 2 amide bonds. The van der Waals surface area contributed by atoms with Crippen molar-refractivity contribution < 1.29 is 9.90 Å². The molecule has 1 aliphatic rings. The number of nitrogens with zero attached hydrogens (tertiary/aromatic N) is 2. The van der Waals surface area contributed by atoms with E-state index >= 15 is 0 Å². The Morgan fingerprint density at radius 2 is 1.91 bits per heavy atom. The first kappa shape index (κ1) is 17.8. The molecule has 0 spiro atoms. The number of hydrogen-bond donors (Lipinski definition) is 2. The van der Waals surface area contributed by atoms with E-state index in [1.165, 1.54) is 5.56 Å². The highest BCUT2D eigenvalue weighted by Gasteiger charge is 2.26. The third kappa shape index (κ3) is 5.22. The molecule has 0 aromatic heterocycles. The first-order valence-corrected chi connectivity index (χ1v) is 8.38. The normalized spacial score (nSPS) is 21.3. The van der Waals surface area contributed by atoms with Crippen molar-refractivity contribution in [2.45, 2.75) is 38.3 Å². The van der Waals surface area contributed by atoms with Crippen LogP contribution in [-0.2, 0) is 6.54 Å². The molecule has 2 rings (SSSR count). The van der Waals surface area contributed by atoms with Gasteiger partial charge >= 0.3 is 6.03 Å². The van der Waals surface area contributed by atoms with E-state index in [0.29, 0.717) is 5.92 Å². The van der Waals surface area contributed by atoms with Crippen molar-refractivity contribution in [1.82, 2.24) is 9.80 Å². The molecule has 0 heterocycles. The van der Waals surface area contributed by atoms with Crippen LogP contribution in [0.2, 0.25) is 0 Å². The number of aliphatic hydroxyl groups is 1. The maximum absolute atomic E-state index is 12.5. The van der Waals surface area contributed by atoms with E-state index in [0.717, 1.165) is 37.9 Å². The lowest BCUT2D eigenvalue weighted by atomic mass is 9.86. The van der Waals surface area contributed by atoms with Gasteiger partial charge in [-0.1, -0.05) is 12.1 Å². The Morgan fingerprint density at radius 1 is 1.22 bits per heavy atom. The summed E-state index contributed by atoms with van der Waals surface area (Å²) < 4.78 is 0. The highest BCUT2D eigenvalue weighted by Crippen LogP contribution is 2.27. The number of hydrogen-bond acceptors (Lipinski definition) is 3. The fourth-order valence-electron chi connectivity index (χ4n) is 3.20. The molecule has 1 fully saturated rings. The lowest BCUT2D eigenvalue weighted by molar-refractivity contribution is 0.139. The van der Waals surface area contributed by atoms with Crippen LogP contribution in [0.25, 0.3) is 0 Å². The average molecular weight is 319 g/mol. The summed E-state index contributed by atoms with van der Waals surface area (Å²) in [5.41, 5.74) is 2.02. The Labute approximate surface area is 139 Å². The zero-order valence-electron chi connectivity index (χ0n) is 14.5. The topological polar surface area (TPSA) is 55.8 Å². The van der Waals surface area contributed by atoms with Gasteiger partial charge in [0, 0.05) is 31.9 Å². The second-order valence-electron chi connectivity index (χ2n) is 6.84. The minimum Gasteiger partial charge on any atom is -0.396 e. The van der Waals surface area contributed by atoms with Crippen LogP contribution >= 0.6 is 0 Å². The minimum absolute atomic E-state index is 0.0561. The summed E-state index contributed by atoms with van der Waals surface area (Å²) in [6.07, 6.45) is 3.93. The second kappa shape index (κ2) is 8.31. The molecular weight excluding hydrogens is 290 g/mol. The van der Waals surface area contributed by atoms with Crippen LogP contribution in [0.1, 0.15) is 31.2 Å². The molecule has 0 atom stereocenters. The van der Waals surface area contributed by atoms with Gasteiger partial charge in [-0.2, -0.15) is 0 Å². The Hall–Kier alpha value is -1.59. The van der Waals surface area contributed by atoms with E-state index in [-0.39, 0.29) is 18.7 Å². The van der Waals surface area contributed by atoms with Crippen molar-refractivity contribution in [2.24, 2.45) is 5.92 Å². The Balaban J connectivity index is 1.91. The van der Waals surface area contributed by atoms with E-state index in [1.54, 1.807) is 0 Å². The largest absolute Gasteiger partial charge is 0.396 e. The summed E-state index contributed by atoms with van der Waals surface area (Å²) in [7, 11) is 5.92. The molecule has 1 saturated carbocycles. The van der Waals surface area contributed by atoms with Crippen molar-refractivity contribution in [3.05, 3.63) is 29.8 Å². The van der Waals surface area contributed by atoms with Crippen molar-refractivity contribution in [2.75, 3.05) is 33.1 Å². The van der Waals surface area contributed by atoms with Crippen molar-refractivity contribution in [3.8, 4) is 0 Å². The summed E-state index contributed by atoms with van der Waals surface area (Å²) in [6, 6.07) is 8.19. The first-order chi connectivity index (χ1) is 11.0. The van der Waals surface area contributed by atoms with Crippen molar-refractivity contribution in [1.29, 1.82) is 0 Å². The molecule has 0 radical (unpaired) electrons. The zero-order chi connectivity index (χ0) is 16.8. The Morgan fingerprint density at radius 3 is 2.52 bits per heavy atom. The summed E-state index contributed by atoms with van der Waals surface area (Å²) in [4.78, 5) is 16.4. The Bertz CT molecular complexity index is 511. The number of nitrogens with one attached hydrogen (secondary N) is 1. The number of benzene rings is 1. The fraction of sp³-hybridized carbons (Fsp3) is 0.611. The second-order valence-corrected chi connectivity index (χ2v) is 6.84. The fourth-order valence-corrected chi connectivity index (χ4v) is 3.20. The molecule has 128 valence electrons.